The average Bonchev–Trinajstić information content (AvgIpc) is 2.74. The lowest BCUT2D eigenvalue weighted by Crippen LogP contribution is -2.07. The lowest BCUT2D eigenvalue weighted by molar-refractivity contribution is 0.0961. The second-order valence-electron chi connectivity index (χ2n) is 4.74. The number of rotatable bonds is 3. The van der Waals surface area contributed by atoms with Crippen LogP contribution in [0.2, 0.25) is 0 Å². The molecule has 16 heavy (non-hydrogen) atoms. The first-order chi connectivity index (χ1) is 7.66. The highest BCUT2D eigenvalue weighted by Crippen LogP contribution is 2.29. The van der Waals surface area contributed by atoms with Crippen LogP contribution in [-0.4, -0.2) is 5.78 Å². The minimum absolute atomic E-state index is 0.101. The molecule has 2 heteroatoms. The van der Waals surface area contributed by atoms with Gasteiger partial charge in [-0.25, -0.2) is 4.39 Å². The summed E-state index contributed by atoms with van der Waals surface area (Å²) < 4.78 is 13.1. The summed E-state index contributed by atoms with van der Waals surface area (Å²) >= 11 is 0. The molecule has 0 spiro atoms. The highest BCUT2D eigenvalue weighted by Gasteiger charge is 2.20. The maximum absolute atomic E-state index is 13.1. The lowest BCUT2D eigenvalue weighted by Gasteiger charge is -2.09. The minimum atomic E-state index is -0.319. The van der Waals surface area contributed by atoms with Crippen molar-refractivity contribution in [3.8, 4) is 0 Å². The van der Waals surface area contributed by atoms with Gasteiger partial charge in [0.1, 0.15) is 5.82 Å². The molecule has 1 aliphatic carbocycles. The van der Waals surface area contributed by atoms with E-state index in [4.69, 9.17) is 0 Å². The number of hydrogen-bond donors (Lipinski definition) is 0. The summed E-state index contributed by atoms with van der Waals surface area (Å²) in [5.41, 5.74) is 1.44. The topological polar surface area (TPSA) is 17.1 Å². The van der Waals surface area contributed by atoms with Crippen LogP contribution in [0.25, 0.3) is 0 Å². The minimum Gasteiger partial charge on any atom is -0.294 e. The van der Waals surface area contributed by atoms with Crippen molar-refractivity contribution in [1.82, 2.24) is 0 Å². The van der Waals surface area contributed by atoms with Gasteiger partial charge in [-0.1, -0.05) is 31.7 Å². The molecule has 0 saturated heterocycles. The van der Waals surface area contributed by atoms with E-state index >= 15 is 0 Å². The van der Waals surface area contributed by atoms with Gasteiger partial charge in [0.25, 0.3) is 0 Å². The van der Waals surface area contributed by atoms with Gasteiger partial charge in [0.2, 0.25) is 0 Å². The molecule has 0 atom stereocenters. The molecule has 0 aliphatic heterocycles. The molecule has 0 unspecified atom stereocenters. The van der Waals surface area contributed by atoms with Crippen LogP contribution in [0.15, 0.2) is 18.2 Å². The van der Waals surface area contributed by atoms with E-state index in [1.54, 1.807) is 6.07 Å². The molecule has 0 amide bonds. The molecule has 0 N–H and O–H groups in total. The molecule has 0 radical (unpaired) electrons. The zero-order valence-corrected chi connectivity index (χ0v) is 9.63. The molecule has 1 saturated carbocycles. The van der Waals surface area contributed by atoms with E-state index in [0.29, 0.717) is 17.9 Å². The molecule has 2 rings (SSSR count). The fourth-order valence-electron chi connectivity index (χ4n) is 2.48. The predicted octanol–water partition coefficient (Wildman–Crippen LogP) is 3.90. The second-order valence-corrected chi connectivity index (χ2v) is 4.74. The second kappa shape index (κ2) is 4.77. The lowest BCUT2D eigenvalue weighted by atomic mass is 9.95. The molecular weight excluding hydrogens is 203 g/mol. The number of ketones is 1. The summed E-state index contributed by atoms with van der Waals surface area (Å²) in [6.45, 7) is 1.86. The van der Waals surface area contributed by atoms with Gasteiger partial charge in [-0.05, 0) is 30.5 Å². The zero-order valence-electron chi connectivity index (χ0n) is 9.63. The maximum Gasteiger partial charge on any atom is 0.163 e. The Bertz CT molecular complexity index is 392. The largest absolute Gasteiger partial charge is 0.294 e. The van der Waals surface area contributed by atoms with Crippen LogP contribution >= 0.6 is 0 Å². The Kier molecular flexibility index (Phi) is 3.37. The molecule has 1 aromatic rings. The molecular formula is C14H17FO. The van der Waals surface area contributed by atoms with E-state index in [1.165, 1.54) is 25.0 Å². The molecule has 0 heterocycles. The Balaban J connectivity index is 2.10. The quantitative estimate of drug-likeness (QED) is 0.706. The zero-order chi connectivity index (χ0) is 11.5. The van der Waals surface area contributed by atoms with Crippen LogP contribution in [0.3, 0.4) is 0 Å². The van der Waals surface area contributed by atoms with E-state index in [1.807, 2.05) is 6.92 Å². The van der Waals surface area contributed by atoms with Crippen molar-refractivity contribution in [2.75, 3.05) is 0 Å². The Morgan fingerprint density at radius 2 is 2.06 bits per heavy atom. The number of benzene rings is 1. The summed E-state index contributed by atoms with van der Waals surface area (Å²) in [4.78, 5) is 12.0. The van der Waals surface area contributed by atoms with Crippen LogP contribution in [0, 0.1) is 18.7 Å². The summed E-state index contributed by atoms with van der Waals surface area (Å²) in [6, 6.07) is 4.45. The van der Waals surface area contributed by atoms with Gasteiger partial charge in [-0.15, -0.1) is 0 Å². The summed E-state index contributed by atoms with van der Waals surface area (Å²) in [5.74, 6) is 0.305. The van der Waals surface area contributed by atoms with Crippen molar-refractivity contribution in [2.24, 2.45) is 5.92 Å². The molecule has 0 aromatic heterocycles. The summed E-state index contributed by atoms with van der Waals surface area (Å²) in [6.07, 6.45) is 5.37. The smallest absolute Gasteiger partial charge is 0.163 e. The van der Waals surface area contributed by atoms with E-state index < -0.39 is 0 Å². The monoisotopic (exact) mass is 220 g/mol. The van der Waals surface area contributed by atoms with E-state index in [2.05, 4.69) is 0 Å². The third-order valence-electron chi connectivity index (χ3n) is 3.45. The average molecular weight is 220 g/mol. The number of carbonyl (C=O) groups is 1. The van der Waals surface area contributed by atoms with Crippen molar-refractivity contribution in [1.29, 1.82) is 0 Å². The molecule has 1 aliphatic rings. The van der Waals surface area contributed by atoms with Crippen molar-refractivity contribution >= 4 is 5.78 Å². The predicted molar refractivity (Wildman–Crippen MR) is 62.0 cm³/mol. The van der Waals surface area contributed by atoms with Gasteiger partial charge in [-0.3, -0.25) is 4.79 Å². The third kappa shape index (κ3) is 2.49. The van der Waals surface area contributed by atoms with Gasteiger partial charge < -0.3 is 0 Å². The molecule has 86 valence electrons. The van der Waals surface area contributed by atoms with Crippen LogP contribution in [0.1, 0.15) is 48.0 Å². The number of carbonyl (C=O) groups excluding carboxylic acids is 1. The van der Waals surface area contributed by atoms with Gasteiger partial charge in [-0.2, -0.15) is 0 Å². The standard InChI is InChI=1S/C14H17FO/c1-10-6-7-12(15)9-13(10)14(16)8-11-4-2-3-5-11/h6-7,9,11H,2-5,8H2,1H3. The van der Waals surface area contributed by atoms with Gasteiger partial charge in [0.15, 0.2) is 5.78 Å². The van der Waals surface area contributed by atoms with Crippen LogP contribution in [-0.2, 0) is 0 Å². The first kappa shape index (κ1) is 11.3. The van der Waals surface area contributed by atoms with Crippen LogP contribution in [0.4, 0.5) is 4.39 Å². The molecule has 1 aromatic carbocycles. The van der Waals surface area contributed by atoms with Crippen LogP contribution < -0.4 is 0 Å². The van der Waals surface area contributed by atoms with Crippen molar-refractivity contribution in [3.63, 3.8) is 0 Å². The Morgan fingerprint density at radius 1 is 1.38 bits per heavy atom. The first-order valence-corrected chi connectivity index (χ1v) is 5.96. The fraction of sp³-hybridized carbons (Fsp3) is 0.500. The highest BCUT2D eigenvalue weighted by molar-refractivity contribution is 5.97. The molecule has 1 fully saturated rings. The molecule has 1 nitrogen and oxygen atoms in total. The van der Waals surface area contributed by atoms with E-state index in [9.17, 15) is 9.18 Å². The number of aryl methyl sites for hydroxylation is 1. The van der Waals surface area contributed by atoms with E-state index in [0.717, 1.165) is 18.4 Å². The Hall–Kier alpha value is -1.18. The highest BCUT2D eigenvalue weighted by atomic mass is 19.1. The third-order valence-corrected chi connectivity index (χ3v) is 3.45. The van der Waals surface area contributed by atoms with E-state index in [-0.39, 0.29) is 11.6 Å². The number of halogens is 1. The number of hydrogen-bond acceptors (Lipinski definition) is 1. The SMILES string of the molecule is Cc1ccc(F)cc1C(=O)CC1CCCC1. The van der Waals surface area contributed by atoms with Gasteiger partial charge in [0.05, 0.1) is 0 Å². The van der Waals surface area contributed by atoms with Crippen LogP contribution in [0.5, 0.6) is 0 Å². The maximum atomic E-state index is 13.1. The van der Waals surface area contributed by atoms with Gasteiger partial charge >= 0.3 is 0 Å². The normalized spacial score (nSPS) is 16.6. The Labute approximate surface area is 95.7 Å². The van der Waals surface area contributed by atoms with Gasteiger partial charge in [0, 0.05) is 12.0 Å². The number of Topliss-reactive ketones (excluding diaryl/α,β-unsaturated/α-hetero) is 1. The van der Waals surface area contributed by atoms with Crippen molar-refractivity contribution in [3.05, 3.63) is 35.1 Å². The fourth-order valence-corrected chi connectivity index (χ4v) is 2.48. The van der Waals surface area contributed by atoms with Crippen molar-refractivity contribution in [2.45, 2.75) is 39.0 Å². The molecule has 0 bridgehead atoms. The first-order valence-electron chi connectivity index (χ1n) is 5.96. The summed E-state index contributed by atoms with van der Waals surface area (Å²) in [7, 11) is 0. The van der Waals surface area contributed by atoms with Crippen molar-refractivity contribution < 1.29 is 9.18 Å². The Morgan fingerprint density at radius 3 is 2.75 bits per heavy atom. The summed E-state index contributed by atoms with van der Waals surface area (Å²) in [5, 5.41) is 0.